The molecule has 0 radical (unpaired) electrons. The SMILES string of the molecule is CCCC[C@H]1C(=O)N2C[C@H](O)C[C@@H]2C(=O)N2C[C@H](N)C[C@H]2C(=O)C[C@@H](C(C)C)C(=O)N(C)[C@@H](Cc2ccccc2)C(=O)N[C@@H](CCC(=O)O)C(=O)N2CCOC[C@@H]2C(=O)N[C@@H](Cc2c[nH]c3ccccc23)C(=O)N[C@@H](Cc2ccc(O)cc2)C(=O)N[C@@H](CC(C)C)C(=O)N[C@H](C(=O)CCC(N)=O)CSCC(=O)N[C@@H](Cc2cc(F)c(F)c(F)c2)C(=O)N(C)[C@@H](Cc2ccccc2)C(=O)N1C. The first-order valence-corrected chi connectivity index (χ1v) is 46.6. The number of phenols is 1. The zero-order valence-corrected chi connectivity index (χ0v) is 77.7. The van der Waals surface area contributed by atoms with Gasteiger partial charge in [0.2, 0.25) is 76.8 Å². The highest BCUT2D eigenvalue weighted by Gasteiger charge is 2.51. The molecule has 15 atom stereocenters. The number of aromatic hydroxyl groups is 1. The van der Waals surface area contributed by atoms with Gasteiger partial charge in [0.15, 0.2) is 29.0 Å². The van der Waals surface area contributed by atoms with Crippen LogP contribution in [0.3, 0.4) is 0 Å². The lowest BCUT2D eigenvalue weighted by Gasteiger charge is -2.38. The van der Waals surface area contributed by atoms with Crippen molar-refractivity contribution in [2.45, 2.75) is 222 Å². The number of aliphatic hydroxyl groups is 1. The predicted molar refractivity (Wildman–Crippen MR) is 490 cm³/mol. The number of halogens is 3. The fraction of sp³-hybridized carbons (Fsp3) is 0.500. The van der Waals surface area contributed by atoms with Crippen LogP contribution >= 0.6 is 11.8 Å². The second-order valence-corrected chi connectivity index (χ2v) is 36.9. The van der Waals surface area contributed by atoms with Gasteiger partial charge in [0.25, 0.3) is 0 Å². The standard InChI is InChI=1S/C96H122F3N15O20S/c1-9-10-25-74-95(132)114-49-62(116)45-78(114)96(133)113-48-60(100)44-75(113)81(118)46-64(54(4)5)91(128)110(7)76(41-55-19-13-11-14-20-55)89(126)104-68(30-33-84(121)122)93(130)112-34-35-134-50-79(112)90(127)107-71(43-59-47-102-67-24-18-17-23-63(59)67)88(125)106-70(39-57-26-28-61(115)29-27-57)87(124)105-69(36-53(2)3)86(123)108-73(80(117)31-32-82(101)119)51-135-52-83(120)103-72(40-58-37-65(97)85(99)66(98)38-58)92(129)111(8)77(94(131)109(74)6)42-56-21-15-12-16-22-56/h11-24,26-29,37-38,47,53-54,60,62,64,68-79,102,115-116H,9-10,25,30-36,39-46,48-52,100H2,1-8H3,(H2,101,119)(H,103,120)(H,104,126)(H,105,124)(H,106,125)(H,107,127)(H,108,123)(H,121,122)/t60-,62-,64+,68+,69+,70+,71+,72+,73+,74+,75+,76+,77+,78-,79-/m1/s1. The number of likely N-dealkylation sites (N-methyl/N-ethyl adjacent to an activating group) is 3. The summed E-state index contributed by atoms with van der Waals surface area (Å²) < 4.78 is 51.1. The minimum absolute atomic E-state index is 0.0601. The number of aromatic amines is 1. The number of hydrogen-bond acceptors (Lipinski definition) is 21. The lowest BCUT2D eigenvalue weighted by Crippen LogP contribution is -2.63. The number of morpholine rings is 1. The van der Waals surface area contributed by atoms with Crippen LogP contribution in [0.15, 0.2) is 128 Å². The van der Waals surface area contributed by atoms with Gasteiger partial charge in [0.1, 0.15) is 66.2 Å². The quantitative estimate of drug-likeness (QED) is 0.0410. The highest BCUT2D eigenvalue weighted by molar-refractivity contribution is 8.00. The molecule has 39 heteroatoms. The molecule has 1 aromatic heterocycles. The van der Waals surface area contributed by atoms with E-state index in [1.54, 1.807) is 119 Å². The number of amides is 13. The number of phenolic OH excluding ortho intramolecular Hbond substituents is 1. The molecule has 0 saturated carbocycles. The number of thioether (sulfide) groups is 1. The molecule has 6 aromatic rings. The van der Waals surface area contributed by atoms with E-state index in [-0.39, 0.29) is 88.8 Å². The minimum Gasteiger partial charge on any atom is -0.508 e. The van der Waals surface area contributed by atoms with E-state index in [0.29, 0.717) is 63.5 Å². The summed E-state index contributed by atoms with van der Waals surface area (Å²) in [6, 6.07) is 10.4. The lowest BCUT2D eigenvalue weighted by atomic mass is 9.86. The Morgan fingerprint density at radius 3 is 1.75 bits per heavy atom. The molecule has 14 N–H and O–H groups in total. The average molecular weight is 1900 g/mol. The van der Waals surface area contributed by atoms with E-state index >= 15 is 66.3 Å². The van der Waals surface area contributed by atoms with Crippen molar-refractivity contribution in [3.05, 3.63) is 173 Å². The van der Waals surface area contributed by atoms with Gasteiger partial charge >= 0.3 is 5.97 Å². The molecule has 0 aliphatic carbocycles. The first kappa shape index (κ1) is 104. The number of carboxylic acid groups (broad SMARTS) is 1. The van der Waals surface area contributed by atoms with Crippen molar-refractivity contribution in [1.82, 2.24) is 66.3 Å². The molecule has 5 heterocycles. The van der Waals surface area contributed by atoms with Crippen LogP contribution in [0.2, 0.25) is 0 Å². The highest BCUT2D eigenvalue weighted by atomic mass is 32.2. The molecular weight excluding hydrogens is 1770 g/mol. The molecule has 5 aromatic carbocycles. The fourth-order valence-electron chi connectivity index (χ4n) is 17.6. The number of nitrogens with two attached hydrogens (primary N) is 2. The van der Waals surface area contributed by atoms with E-state index in [2.05, 4.69) is 36.9 Å². The summed E-state index contributed by atoms with van der Waals surface area (Å²) in [5.74, 6) is -23.8. The average Bonchev–Trinajstić information content (AvgIpc) is 1.62. The Labute approximate surface area is 784 Å². The van der Waals surface area contributed by atoms with Crippen molar-refractivity contribution >= 4 is 117 Å². The molecule has 4 fully saturated rings. The summed E-state index contributed by atoms with van der Waals surface area (Å²) in [7, 11) is 3.83. The van der Waals surface area contributed by atoms with Crippen LogP contribution in [0, 0.1) is 35.2 Å². The maximum absolute atomic E-state index is 15.8. The monoisotopic (exact) mass is 1890 g/mol. The first-order chi connectivity index (χ1) is 64.2. The number of hydrogen-bond donors (Lipinski definition) is 12. The fourth-order valence-corrected chi connectivity index (χ4v) is 18.5. The Kier molecular flexibility index (Phi) is 37.6. The summed E-state index contributed by atoms with van der Waals surface area (Å²) in [6.45, 7) is 6.82. The lowest BCUT2D eigenvalue weighted by molar-refractivity contribution is -0.154. The number of benzene rings is 5. The van der Waals surface area contributed by atoms with Crippen molar-refractivity contribution in [3.63, 3.8) is 0 Å². The number of carbonyl (C=O) groups is 16. The molecule has 4 saturated heterocycles. The molecule has 13 amide bonds. The Bertz CT molecular complexity index is 5250. The number of carboxylic acids is 1. The molecule has 10 rings (SSSR count). The zero-order chi connectivity index (χ0) is 98.3. The number of aliphatic carboxylic acids is 1. The van der Waals surface area contributed by atoms with E-state index < -0.39 is 277 Å². The molecule has 0 spiro atoms. The van der Waals surface area contributed by atoms with Gasteiger partial charge in [-0.3, -0.25) is 76.7 Å². The smallest absolute Gasteiger partial charge is 0.303 e. The number of ether oxygens (including phenoxy) is 1. The molecule has 0 bridgehead atoms. The van der Waals surface area contributed by atoms with Gasteiger partial charge < -0.3 is 97.8 Å². The number of carbonyl (C=O) groups excluding carboxylic acids is 15. The molecule has 35 nitrogen and oxygen atoms in total. The van der Waals surface area contributed by atoms with E-state index in [0.717, 1.165) is 24.5 Å². The third kappa shape index (κ3) is 28.0. The molecule has 4 aliphatic rings. The third-order valence-electron chi connectivity index (χ3n) is 25.1. The van der Waals surface area contributed by atoms with E-state index in [1.165, 1.54) is 50.3 Å². The minimum atomic E-state index is -1.86. The summed E-state index contributed by atoms with van der Waals surface area (Å²) >= 11 is 0.710. The number of aliphatic hydroxyl groups excluding tert-OH is 1. The molecule has 4 aliphatic heterocycles. The maximum atomic E-state index is 15.8. The van der Waals surface area contributed by atoms with Gasteiger partial charge in [-0.05, 0) is 95.7 Å². The van der Waals surface area contributed by atoms with E-state index in [4.69, 9.17) is 16.2 Å². The number of fused-ring (bicyclic) bond motifs is 4. The first-order valence-electron chi connectivity index (χ1n) is 45.4. The topological polar surface area (TPSA) is 502 Å². The summed E-state index contributed by atoms with van der Waals surface area (Å²) in [4.78, 5) is 249. The summed E-state index contributed by atoms with van der Waals surface area (Å²) in [6.07, 6.45) is -4.58. The number of aromatic nitrogens is 1. The van der Waals surface area contributed by atoms with Crippen LogP contribution in [0.25, 0.3) is 10.9 Å². The second-order valence-electron chi connectivity index (χ2n) is 35.9. The number of ketones is 2. The van der Waals surface area contributed by atoms with Crippen LogP contribution in [0.4, 0.5) is 13.2 Å². The highest BCUT2D eigenvalue weighted by Crippen LogP contribution is 2.33. The van der Waals surface area contributed by atoms with Gasteiger partial charge in [0, 0.05) is 140 Å². The van der Waals surface area contributed by atoms with Gasteiger partial charge in [-0.2, -0.15) is 0 Å². The Balaban J connectivity index is 1.06. The van der Waals surface area contributed by atoms with Gasteiger partial charge in [0.05, 0.1) is 37.2 Å². The Morgan fingerprint density at radius 1 is 0.548 bits per heavy atom. The van der Waals surface area contributed by atoms with Gasteiger partial charge in [-0.15, -0.1) is 11.8 Å². The zero-order valence-electron chi connectivity index (χ0n) is 76.9. The van der Waals surface area contributed by atoms with Crippen LogP contribution in [-0.4, -0.2) is 294 Å². The summed E-state index contributed by atoms with van der Waals surface area (Å²) in [5.41, 5.74) is 14.2. The summed E-state index contributed by atoms with van der Waals surface area (Å²) in [5, 5.41) is 49.0. The third-order valence-corrected chi connectivity index (χ3v) is 26.1. The van der Waals surface area contributed by atoms with Crippen LogP contribution in [0.5, 0.6) is 5.75 Å². The van der Waals surface area contributed by atoms with E-state index in [9.17, 15) is 38.9 Å². The number of H-pyrrole nitrogens is 1. The van der Waals surface area contributed by atoms with Crippen molar-refractivity contribution in [3.8, 4) is 5.75 Å². The van der Waals surface area contributed by atoms with Crippen LogP contribution < -0.4 is 43.4 Å². The maximum Gasteiger partial charge on any atom is 0.303 e. The van der Waals surface area contributed by atoms with Gasteiger partial charge in [-0.1, -0.05) is 138 Å². The van der Waals surface area contributed by atoms with Crippen molar-refractivity contribution in [1.29, 1.82) is 0 Å². The largest absolute Gasteiger partial charge is 0.508 e. The molecular formula is C96H122F3N15O20S. The number of para-hydroxylation sites is 1. The number of primary amides is 1. The molecule has 0 unspecified atom stereocenters. The Hall–Kier alpha value is -12.6. The normalized spacial score (nSPS) is 25.2. The van der Waals surface area contributed by atoms with Gasteiger partial charge in [-0.25, -0.2) is 13.2 Å². The number of nitrogens with zero attached hydrogens (tertiary/aromatic N) is 6. The van der Waals surface area contributed by atoms with Crippen molar-refractivity contribution in [2.24, 2.45) is 29.2 Å². The number of rotatable bonds is 23. The Morgan fingerprint density at radius 2 is 1.12 bits per heavy atom. The number of unbranched alkanes of at least 4 members (excludes halogenated alkanes) is 1. The van der Waals surface area contributed by atoms with Crippen molar-refractivity contribution in [2.75, 3.05) is 65.5 Å². The van der Waals surface area contributed by atoms with Crippen molar-refractivity contribution < 1.29 is 110 Å². The van der Waals surface area contributed by atoms with E-state index in [1.807, 2.05) is 6.92 Å². The predicted octanol–water partition coefficient (Wildman–Crippen LogP) is 3.23. The van der Waals surface area contributed by atoms with Crippen LogP contribution in [-0.2, 0) is 114 Å². The van der Waals surface area contributed by atoms with Crippen LogP contribution in [0.1, 0.15) is 133 Å². The number of Topliss-reactive ketones (excluding diaryl/α,β-unsaturated/α-hetero) is 2. The molecule has 135 heavy (non-hydrogen) atoms. The molecule has 728 valence electrons. The number of nitrogens with one attached hydrogen (secondary N) is 7. The second kappa shape index (κ2) is 48.5.